The second-order valence-electron chi connectivity index (χ2n) is 7.36. The van der Waals surface area contributed by atoms with E-state index in [4.69, 9.17) is 4.42 Å². The summed E-state index contributed by atoms with van der Waals surface area (Å²) in [7, 11) is 2.24. The molecule has 0 N–H and O–H groups in total. The fraction of sp³-hybridized carbons (Fsp3) is 0.833. The van der Waals surface area contributed by atoms with Crippen LogP contribution < -0.4 is 0 Å². The number of hydrogen-bond acceptors (Lipinski definition) is 4. The summed E-state index contributed by atoms with van der Waals surface area (Å²) in [4.78, 5) is 9.73. The Hall–Kier alpha value is -0.870. The Morgan fingerprint density at radius 2 is 1.82 bits per heavy atom. The first-order chi connectivity index (χ1) is 10.7. The number of likely N-dealkylation sites (N-methyl/N-ethyl adjacent to an activating group) is 1. The smallest absolute Gasteiger partial charge is 0.191 e. The second kappa shape index (κ2) is 7.14. The Morgan fingerprint density at radius 3 is 2.45 bits per heavy atom. The molecule has 0 spiro atoms. The van der Waals surface area contributed by atoms with Gasteiger partial charge in [0.05, 0.1) is 5.69 Å². The van der Waals surface area contributed by atoms with Gasteiger partial charge in [-0.1, -0.05) is 25.7 Å². The molecular weight excluding hydrogens is 274 g/mol. The highest BCUT2D eigenvalue weighted by atomic mass is 16.3. The number of likely N-dealkylation sites (tertiary alicyclic amines) is 1. The van der Waals surface area contributed by atoms with Crippen LogP contribution >= 0.6 is 0 Å². The Kier molecular flexibility index (Phi) is 5.19. The molecule has 1 aliphatic carbocycles. The van der Waals surface area contributed by atoms with Crippen molar-refractivity contribution in [1.29, 1.82) is 0 Å². The van der Waals surface area contributed by atoms with Gasteiger partial charge in [-0.05, 0) is 45.8 Å². The standard InChI is InChI=1S/C18H31N3O/c1-16-19-17(14-22-16)13-20(2)15-18(9-5-3-6-10-18)21-11-7-4-8-12-21/h14H,3-13,15H2,1-2H3. The van der Waals surface area contributed by atoms with Crippen LogP contribution in [0, 0.1) is 6.92 Å². The Bertz CT molecular complexity index is 459. The van der Waals surface area contributed by atoms with E-state index in [9.17, 15) is 0 Å². The minimum atomic E-state index is 0.409. The van der Waals surface area contributed by atoms with Crippen LogP contribution in [0.25, 0.3) is 0 Å². The third kappa shape index (κ3) is 3.72. The van der Waals surface area contributed by atoms with Gasteiger partial charge in [0.2, 0.25) is 0 Å². The topological polar surface area (TPSA) is 32.5 Å². The molecule has 2 fully saturated rings. The second-order valence-corrected chi connectivity index (χ2v) is 7.36. The van der Waals surface area contributed by atoms with Crippen molar-refractivity contribution in [2.75, 3.05) is 26.7 Å². The minimum absolute atomic E-state index is 0.409. The summed E-state index contributed by atoms with van der Waals surface area (Å²) in [6.07, 6.45) is 12.9. The van der Waals surface area contributed by atoms with Crippen molar-refractivity contribution in [3.8, 4) is 0 Å². The van der Waals surface area contributed by atoms with Crippen LogP contribution in [0.2, 0.25) is 0 Å². The zero-order valence-electron chi connectivity index (χ0n) is 14.3. The van der Waals surface area contributed by atoms with Gasteiger partial charge in [-0.25, -0.2) is 4.98 Å². The summed E-state index contributed by atoms with van der Waals surface area (Å²) in [5.74, 6) is 0.770. The molecule has 0 amide bonds. The summed E-state index contributed by atoms with van der Waals surface area (Å²) >= 11 is 0. The SMILES string of the molecule is Cc1nc(CN(C)CC2(N3CCCCC3)CCCCC2)co1. The lowest BCUT2D eigenvalue weighted by molar-refractivity contribution is 0.00765. The first-order valence-electron chi connectivity index (χ1n) is 9.03. The maximum Gasteiger partial charge on any atom is 0.191 e. The Balaban J connectivity index is 1.66. The Labute approximate surface area is 134 Å². The number of oxazole rings is 1. The normalized spacial score (nSPS) is 23.0. The van der Waals surface area contributed by atoms with E-state index in [2.05, 4.69) is 21.8 Å². The van der Waals surface area contributed by atoms with Crippen LogP contribution in [0.5, 0.6) is 0 Å². The monoisotopic (exact) mass is 305 g/mol. The van der Waals surface area contributed by atoms with Crippen molar-refractivity contribution >= 4 is 0 Å². The first kappa shape index (κ1) is 16.0. The van der Waals surface area contributed by atoms with E-state index in [0.29, 0.717) is 5.54 Å². The molecule has 0 bridgehead atoms. The molecule has 2 aliphatic rings. The van der Waals surface area contributed by atoms with Crippen molar-refractivity contribution in [2.45, 2.75) is 70.4 Å². The van der Waals surface area contributed by atoms with E-state index in [0.717, 1.165) is 18.1 Å². The van der Waals surface area contributed by atoms with Crippen LogP contribution in [0.15, 0.2) is 10.7 Å². The average molecular weight is 305 g/mol. The van der Waals surface area contributed by atoms with E-state index in [1.165, 1.54) is 71.0 Å². The van der Waals surface area contributed by atoms with Gasteiger partial charge >= 0.3 is 0 Å². The van der Waals surface area contributed by atoms with Crippen molar-refractivity contribution in [2.24, 2.45) is 0 Å². The van der Waals surface area contributed by atoms with Crippen LogP contribution in [0.4, 0.5) is 0 Å². The zero-order chi connectivity index (χ0) is 15.4. The lowest BCUT2D eigenvalue weighted by Gasteiger charge is -2.50. The van der Waals surface area contributed by atoms with Gasteiger partial charge in [-0.15, -0.1) is 0 Å². The van der Waals surface area contributed by atoms with Crippen LogP contribution in [0.1, 0.15) is 63.0 Å². The van der Waals surface area contributed by atoms with E-state index in [1.54, 1.807) is 6.26 Å². The third-order valence-corrected chi connectivity index (χ3v) is 5.47. The molecular formula is C18H31N3O. The van der Waals surface area contributed by atoms with Crippen molar-refractivity contribution in [3.63, 3.8) is 0 Å². The summed E-state index contributed by atoms with van der Waals surface area (Å²) in [5, 5.41) is 0. The third-order valence-electron chi connectivity index (χ3n) is 5.47. The molecule has 0 aromatic carbocycles. The number of aryl methyl sites for hydroxylation is 1. The molecule has 4 nitrogen and oxygen atoms in total. The van der Waals surface area contributed by atoms with E-state index in [-0.39, 0.29) is 0 Å². The lowest BCUT2D eigenvalue weighted by atomic mass is 9.78. The predicted octanol–water partition coefficient (Wildman–Crippen LogP) is 3.60. The summed E-state index contributed by atoms with van der Waals surface area (Å²) < 4.78 is 5.35. The molecule has 0 unspecified atom stereocenters. The highest BCUT2D eigenvalue weighted by molar-refractivity contribution is 4.99. The Morgan fingerprint density at radius 1 is 1.14 bits per heavy atom. The highest BCUT2D eigenvalue weighted by Gasteiger charge is 2.39. The predicted molar refractivity (Wildman–Crippen MR) is 88.8 cm³/mol. The van der Waals surface area contributed by atoms with Crippen LogP contribution in [-0.2, 0) is 6.54 Å². The van der Waals surface area contributed by atoms with Gasteiger partial charge in [0.1, 0.15) is 6.26 Å². The number of hydrogen-bond donors (Lipinski definition) is 0. The van der Waals surface area contributed by atoms with Gasteiger partial charge in [0.25, 0.3) is 0 Å². The summed E-state index contributed by atoms with van der Waals surface area (Å²) in [6.45, 7) is 6.58. The molecule has 22 heavy (non-hydrogen) atoms. The lowest BCUT2D eigenvalue weighted by Crippen LogP contribution is -2.57. The minimum Gasteiger partial charge on any atom is -0.449 e. The van der Waals surface area contributed by atoms with Crippen molar-refractivity contribution in [1.82, 2.24) is 14.8 Å². The highest BCUT2D eigenvalue weighted by Crippen LogP contribution is 2.36. The van der Waals surface area contributed by atoms with Gasteiger partial charge in [0, 0.05) is 25.6 Å². The number of nitrogens with zero attached hydrogens (tertiary/aromatic N) is 3. The molecule has 0 radical (unpaired) electrons. The summed E-state index contributed by atoms with van der Waals surface area (Å²) in [6, 6.07) is 0. The first-order valence-corrected chi connectivity index (χ1v) is 9.03. The van der Waals surface area contributed by atoms with E-state index >= 15 is 0 Å². The molecule has 0 atom stereocenters. The molecule has 2 heterocycles. The fourth-order valence-electron chi connectivity index (χ4n) is 4.47. The van der Waals surface area contributed by atoms with E-state index in [1.807, 2.05) is 6.92 Å². The molecule has 124 valence electrons. The molecule has 4 heteroatoms. The van der Waals surface area contributed by atoms with Crippen molar-refractivity contribution < 1.29 is 4.42 Å². The van der Waals surface area contributed by atoms with Crippen molar-refractivity contribution in [3.05, 3.63) is 17.8 Å². The molecule has 1 saturated carbocycles. The van der Waals surface area contributed by atoms with Gasteiger partial charge < -0.3 is 4.42 Å². The maximum atomic E-state index is 5.35. The molecule has 1 aromatic heterocycles. The quantitative estimate of drug-likeness (QED) is 0.832. The fourth-order valence-corrected chi connectivity index (χ4v) is 4.47. The largest absolute Gasteiger partial charge is 0.449 e. The van der Waals surface area contributed by atoms with Gasteiger partial charge in [0.15, 0.2) is 5.89 Å². The van der Waals surface area contributed by atoms with Gasteiger partial charge in [-0.2, -0.15) is 0 Å². The zero-order valence-corrected chi connectivity index (χ0v) is 14.3. The number of piperidine rings is 1. The number of rotatable bonds is 5. The maximum absolute atomic E-state index is 5.35. The average Bonchev–Trinajstić information content (AvgIpc) is 2.94. The van der Waals surface area contributed by atoms with Gasteiger partial charge in [-0.3, -0.25) is 9.80 Å². The van der Waals surface area contributed by atoms with Crippen LogP contribution in [0.3, 0.4) is 0 Å². The van der Waals surface area contributed by atoms with E-state index < -0.39 is 0 Å². The van der Waals surface area contributed by atoms with Crippen LogP contribution in [-0.4, -0.2) is 47.0 Å². The molecule has 1 aromatic rings. The summed E-state index contributed by atoms with van der Waals surface area (Å²) in [5.41, 5.74) is 1.47. The molecule has 3 rings (SSSR count). The molecule has 1 aliphatic heterocycles. The number of aromatic nitrogens is 1. The molecule has 1 saturated heterocycles.